The third kappa shape index (κ3) is 1.83. The van der Waals surface area contributed by atoms with Gasteiger partial charge in [0.2, 0.25) is 0 Å². The maximum atomic E-state index is 8.74. The Morgan fingerprint density at radius 3 is 3.13 bits per heavy atom. The second kappa shape index (κ2) is 4.11. The fraction of sp³-hybridized carbons (Fsp3) is 0.273. The first-order valence-electron chi connectivity index (χ1n) is 4.69. The van der Waals surface area contributed by atoms with Crippen LogP contribution in [-0.4, -0.2) is 23.3 Å². The van der Waals surface area contributed by atoms with Crippen molar-refractivity contribution in [3.8, 4) is 6.07 Å². The minimum Gasteiger partial charge on any atom is -0.383 e. The highest BCUT2D eigenvalue weighted by Crippen LogP contribution is 2.14. The third-order valence-corrected chi connectivity index (χ3v) is 2.29. The van der Waals surface area contributed by atoms with Crippen molar-refractivity contribution < 1.29 is 4.74 Å². The summed E-state index contributed by atoms with van der Waals surface area (Å²) in [4.78, 5) is 4.24. The van der Waals surface area contributed by atoms with Gasteiger partial charge in [-0.25, -0.2) is 4.98 Å². The molecule has 0 radical (unpaired) electrons. The van der Waals surface area contributed by atoms with E-state index in [4.69, 9.17) is 10.00 Å². The highest BCUT2D eigenvalue weighted by Gasteiger charge is 2.02. The van der Waals surface area contributed by atoms with Crippen LogP contribution in [-0.2, 0) is 11.3 Å². The van der Waals surface area contributed by atoms with Gasteiger partial charge < -0.3 is 9.30 Å². The Kier molecular flexibility index (Phi) is 2.66. The molecule has 0 saturated carbocycles. The maximum Gasteiger partial charge on any atom is 0.0992 e. The predicted octanol–water partition coefficient (Wildman–Crippen LogP) is 1.55. The van der Waals surface area contributed by atoms with E-state index < -0.39 is 0 Å². The summed E-state index contributed by atoms with van der Waals surface area (Å²) in [5.41, 5.74) is 2.52. The van der Waals surface area contributed by atoms with Gasteiger partial charge >= 0.3 is 0 Å². The molecular weight excluding hydrogens is 190 g/mol. The number of rotatable bonds is 3. The molecule has 0 saturated heterocycles. The minimum atomic E-state index is 0.638. The Morgan fingerprint density at radius 1 is 1.53 bits per heavy atom. The molecule has 0 aliphatic carbocycles. The molecule has 0 N–H and O–H groups in total. The van der Waals surface area contributed by atoms with E-state index in [0.29, 0.717) is 12.2 Å². The van der Waals surface area contributed by atoms with E-state index in [1.54, 1.807) is 25.6 Å². The Bertz CT molecular complexity index is 510. The number of nitriles is 1. The van der Waals surface area contributed by atoms with Gasteiger partial charge in [0.1, 0.15) is 0 Å². The summed E-state index contributed by atoms with van der Waals surface area (Å²) in [5, 5.41) is 8.74. The van der Waals surface area contributed by atoms with Crippen LogP contribution >= 0.6 is 0 Å². The van der Waals surface area contributed by atoms with Crippen LogP contribution in [0.2, 0.25) is 0 Å². The van der Waals surface area contributed by atoms with Crippen LogP contribution in [0.25, 0.3) is 11.0 Å². The maximum absolute atomic E-state index is 8.74. The van der Waals surface area contributed by atoms with Crippen molar-refractivity contribution in [2.45, 2.75) is 6.54 Å². The van der Waals surface area contributed by atoms with Crippen molar-refractivity contribution >= 4 is 11.0 Å². The van der Waals surface area contributed by atoms with E-state index >= 15 is 0 Å². The molecule has 2 aromatic rings. The second-order valence-electron chi connectivity index (χ2n) is 3.25. The number of fused-ring (bicyclic) bond motifs is 1. The van der Waals surface area contributed by atoms with Crippen molar-refractivity contribution in [2.75, 3.05) is 13.7 Å². The summed E-state index contributed by atoms with van der Waals surface area (Å²) in [7, 11) is 1.67. The molecule has 76 valence electrons. The van der Waals surface area contributed by atoms with Crippen LogP contribution in [0.4, 0.5) is 0 Å². The largest absolute Gasteiger partial charge is 0.383 e. The van der Waals surface area contributed by atoms with Crippen molar-refractivity contribution in [1.82, 2.24) is 9.55 Å². The number of hydrogen-bond acceptors (Lipinski definition) is 3. The number of methoxy groups -OCH3 is 1. The van der Waals surface area contributed by atoms with Crippen LogP contribution in [0.15, 0.2) is 24.5 Å². The average Bonchev–Trinajstić information content (AvgIpc) is 2.68. The van der Waals surface area contributed by atoms with Crippen LogP contribution in [0.5, 0.6) is 0 Å². The number of aromatic nitrogens is 2. The molecule has 0 unspecified atom stereocenters. The molecule has 0 bridgehead atoms. The van der Waals surface area contributed by atoms with E-state index in [1.165, 1.54) is 0 Å². The molecule has 0 atom stereocenters. The molecule has 0 amide bonds. The van der Waals surface area contributed by atoms with E-state index in [2.05, 4.69) is 11.1 Å². The molecule has 2 rings (SSSR count). The highest BCUT2D eigenvalue weighted by molar-refractivity contribution is 5.76. The summed E-state index contributed by atoms with van der Waals surface area (Å²) >= 11 is 0. The van der Waals surface area contributed by atoms with Gasteiger partial charge in [-0.15, -0.1) is 0 Å². The Balaban J connectivity index is 2.39. The fourth-order valence-corrected chi connectivity index (χ4v) is 1.50. The lowest BCUT2D eigenvalue weighted by Crippen LogP contribution is -2.02. The zero-order valence-electron chi connectivity index (χ0n) is 8.47. The van der Waals surface area contributed by atoms with Crippen molar-refractivity contribution in [3.63, 3.8) is 0 Å². The standard InChI is InChI=1S/C11H11N3O/c1-15-5-4-14-8-13-10-6-9(7-12)2-3-11(10)14/h2-3,6,8H,4-5H2,1H3. The number of imidazole rings is 1. The normalized spacial score (nSPS) is 10.4. The van der Waals surface area contributed by atoms with Crippen LogP contribution in [0.3, 0.4) is 0 Å². The smallest absolute Gasteiger partial charge is 0.0992 e. The molecule has 1 aromatic heterocycles. The van der Waals surface area contributed by atoms with Gasteiger partial charge in [-0.05, 0) is 18.2 Å². The van der Waals surface area contributed by atoms with E-state index in [-0.39, 0.29) is 0 Å². The SMILES string of the molecule is COCCn1cnc2cc(C#N)ccc21. The zero-order valence-corrected chi connectivity index (χ0v) is 8.47. The first kappa shape index (κ1) is 9.69. The molecule has 0 fully saturated rings. The molecule has 1 aromatic carbocycles. The van der Waals surface area contributed by atoms with Crippen LogP contribution in [0.1, 0.15) is 5.56 Å². The topological polar surface area (TPSA) is 50.8 Å². The number of benzene rings is 1. The highest BCUT2D eigenvalue weighted by atomic mass is 16.5. The summed E-state index contributed by atoms with van der Waals surface area (Å²) < 4.78 is 7.02. The molecule has 1 heterocycles. The molecule has 0 aliphatic heterocycles. The lowest BCUT2D eigenvalue weighted by Gasteiger charge is -2.02. The molecule has 0 spiro atoms. The van der Waals surface area contributed by atoms with Crippen molar-refractivity contribution in [2.24, 2.45) is 0 Å². The lowest BCUT2D eigenvalue weighted by molar-refractivity contribution is 0.188. The van der Waals surface area contributed by atoms with Gasteiger partial charge in [-0.3, -0.25) is 0 Å². The first-order valence-corrected chi connectivity index (χ1v) is 4.69. The number of hydrogen-bond donors (Lipinski definition) is 0. The van der Waals surface area contributed by atoms with Gasteiger partial charge in [0.05, 0.1) is 35.6 Å². The van der Waals surface area contributed by atoms with E-state index in [0.717, 1.165) is 17.6 Å². The summed E-state index contributed by atoms with van der Waals surface area (Å²) in [6.45, 7) is 1.43. The van der Waals surface area contributed by atoms with Gasteiger partial charge in [0.25, 0.3) is 0 Å². The van der Waals surface area contributed by atoms with Crippen molar-refractivity contribution in [1.29, 1.82) is 5.26 Å². The Hall–Kier alpha value is -1.86. The molecule has 4 nitrogen and oxygen atoms in total. The van der Waals surface area contributed by atoms with Gasteiger partial charge in [-0.1, -0.05) is 0 Å². The second-order valence-corrected chi connectivity index (χ2v) is 3.25. The minimum absolute atomic E-state index is 0.638. The van der Waals surface area contributed by atoms with Gasteiger partial charge in [0, 0.05) is 13.7 Å². The number of ether oxygens (including phenoxy) is 1. The van der Waals surface area contributed by atoms with E-state index in [9.17, 15) is 0 Å². The fourth-order valence-electron chi connectivity index (χ4n) is 1.50. The lowest BCUT2D eigenvalue weighted by atomic mass is 10.2. The molecule has 0 aliphatic rings. The quantitative estimate of drug-likeness (QED) is 0.757. The van der Waals surface area contributed by atoms with Gasteiger partial charge in [0.15, 0.2) is 0 Å². The van der Waals surface area contributed by atoms with Gasteiger partial charge in [-0.2, -0.15) is 5.26 Å². The van der Waals surface area contributed by atoms with E-state index in [1.807, 2.05) is 10.6 Å². The van der Waals surface area contributed by atoms with Crippen LogP contribution < -0.4 is 0 Å². The first-order chi connectivity index (χ1) is 7.35. The third-order valence-electron chi connectivity index (χ3n) is 2.29. The van der Waals surface area contributed by atoms with Crippen molar-refractivity contribution in [3.05, 3.63) is 30.1 Å². The molecule has 15 heavy (non-hydrogen) atoms. The summed E-state index contributed by atoms with van der Waals surface area (Å²) in [5.74, 6) is 0. The Morgan fingerprint density at radius 2 is 2.40 bits per heavy atom. The number of nitrogens with zero attached hydrogens (tertiary/aromatic N) is 3. The zero-order chi connectivity index (χ0) is 10.7. The molecular formula is C11H11N3O. The average molecular weight is 201 g/mol. The Labute approximate surface area is 87.7 Å². The summed E-state index contributed by atoms with van der Waals surface area (Å²) in [6.07, 6.45) is 1.77. The predicted molar refractivity (Wildman–Crippen MR) is 56.3 cm³/mol. The molecule has 4 heteroatoms. The van der Waals surface area contributed by atoms with Crippen LogP contribution in [0, 0.1) is 11.3 Å². The monoisotopic (exact) mass is 201 g/mol. The summed E-state index contributed by atoms with van der Waals surface area (Å²) in [6, 6.07) is 7.60.